The number of benzene rings is 3. The molecule has 13 nitrogen and oxygen atoms in total. The first kappa shape index (κ1) is 44.1. The number of aromatic nitrogens is 1. The van der Waals surface area contributed by atoms with Gasteiger partial charge in [-0.1, -0.05) is 117 Å². The number of urea groups is 1. The second-order valence-corrected chi connectivity index (χ2v) is 16.0. The van der Waals surface area contributed by atoms with E-state index >= 15 is 0 Å². The lowest BCUT2D eigenvalue weighted by Crippen LogP contribution is -2.59. The predicted octanol–water partition coefficient (Wildman–Crippen LogP) is 6.04. The molecule has 58 heavy (non-hydrogen) atoms. The number of aliphatic hydroxyl groups is 1. The molecular weight excluding hydrogens is 802 g/mol. The number of hydrogen-bond donors (Lipinski definition) is 4. The standard InChI is InChI=1S/C44H56BrN7O6/c1-6-29(3)39(48-43(56)58-5)41(54)49-51(26-32-17-19-34(45)20-18-32)28-38(53)37(25-31-13-9-8-10-14-31)47-42(55)40(30(4)7-2)52-24-23-50(44(52)57)27-33-21-22-46-36-16-12-11-15-35(33)36/h8-22,29-30,37-40,53H,6-7,23-28H2,1-5H3,(H,47,55)(H,48,56)(H,49,54). The number of carbonyl (C=O) groups is 4. The molecule has 3 aromatic carbocycles. The molecule has 1 aromatic heterocycles. The van der Waals surface area contributed by atoms with Gasteiger partial charge in [0.05, 0.1) is 24.8 Å². The van der Waals surface area contributed by atoms with E-state index in [1.54, 1.807) is 21.0 Å². The van der Waals surface area contributed by atoms with Gasteiger partial charge in [-0.3, -0.25) is 20.0 Å². The Morgan fingerprint density at radius 2 is 1.57 bits per heavy atom. The topological polar surface area (TPSA) is 156 Å². The first-order valence-corrected chi connectivity index (χ1v) is 20.8. The van der Waals surface area contributed by atoms with E-state index in [1.165, 1.54) is 7.11 Å². The Bertz CT molecular complexity index is 1980. The maximum absolute atomic E-state index is 14.6. The average Bonchev–Trinajstić information content (AvgIpc) is 3.58. The van der Waals surface area contributed by atoms with Gasteiger partial charge in [-0.2, -0.15) is 0 Å². The number of fused-ring (bicyclic) bond motifs is 1. The number of nitrogens with one attached hydrogen (secondary N) is 3. The van der Waals surface area contributed by atoms with Crippen LogP contribution in [0.3, 0.4) is 0 Å². The van der Waals surface area contributed by atoms with Crippen LogP contribution in [0.1, 0.15) is 57.2 Å². The minimum Gasteiger partial charge on any atom is -0.453 e. The molecule has 6 unspecified atom stereocenters. The van der Waals surface area contributed by atoms with Gasteiger partial charge in [0.15, 0.2) is 0 Å². The fraction of sp³-hybridized carbons (Fsp3) is 0.432. The van der Waals surface area contributed by atoms with Crippen LogP contribution in [0.4, 0.5) is 9.59 Å². The van der Waals surface area contributed by atoms with E-state index in [0.29, 0.717) is 32.5 Å². The molecule has 5 amide bonds. The average molecular weight is 859 g/mol. The van der Waals surface area contributed by atoms with Crippen LogP contribution in [0.25, 0.3) is 10.9 Å². The highest BCUT2D eigenvalue weighted by Gasteiger charge is 2.41. The van der Waals surface area contributed by atoms with E-state index in [1.807, 2.05) is 113 Å². The number of rotatable bonds is 19. The number of carbonyl (C=O) groups excluding carboxylic acids is 4. The smallest absolute Gasteiger partial charge is 0.407 e. The molecule has 6 atom stereocenters. The fourth-order valence-corrected chi connectivity index (χ4v) is 7.54. The summed E-state index contributed by atoms with van der Waals surface area (Å²) >= 11 is 3.47. The van der Waals surface area contributed by atoms with Crippen molar-refractivity contribution in [2.45, 2.75) is 84.3 Å². The molecule has 0 saturated carbocycles. The van der Waals surface area contributed by atoms with Gasteiger partial charge in [-0.15, -0.1) is 0 Å². The molecule has 1 aliphatic rings. The molecule has 0 bridgehead atoms. The molecule has 0 aliphatic carbocycles. The van der Waals surface area contributed by atoms with E-state index in [2.05, 4.69) is 37.0 Å². The largest absolute Gasteiger partial charge is 0.453 e. The number of para-hydroxylation sites is 1. The minimum atomic E-state index is -1.18. The molecule has 0 spiro atoms. The van der Waals surface area contributed by atoms with Crippen molar-refractivity contribution in [2.24, 2.45) is 11.8 Å². The van der Waals surface area contributed by atoms with Gasteiger partial charge in [0.25, 0.3) is 5.91 Å². The van der Waals surface area contributed by atoms with Crippen LogP contribution in [0, 0.1) is 11.8 Å². The molecule has 310 valence electrons. The van der Waals surface area contributed by atoms with Crippen LogP contribution in [-0.4, -0.2) is 99.8 Å². The number of amides is 5. The lowest BCUT2D eigenvalue weighted by atomic mass is 9.95. The maximum atomic E-state index is 14.6. The molecule has 5 rings (SSSR count). The molecule has 1 fully saturated rings. The van der Waals surface area contributed by atoms with E-state index in [-0.39, 0.29) is 43.3 Å². The van der Waals surface area contributed by atoms with Crippen LogP contribution >= 0.6 is 15.9 Å². The number of pyridine rings is 1. The molecular formula is C44H56BrN7O6. The summed E-state index contributed by atoms with van der Waals surface area (Å²) in [7, 11) is 1.24. The van der Waals surface area contributed by atoms with Gasteiger partial charge in [-0.25, -0.2) is 14.6 Å². The molecule has 4 N–H and O–H groups in total. The summed E-state index contributed by atoms with van der Waals surface area (Å²) in [5.41, 5.74) is 6.52. The van der Waals surface area contributed by atoms with Crippen LogP contribution in [0.5, 0.6) is 0 Å². The van der Waals surface area contributed by atoms with Crippen molar-refractivity contribution in [3.63, 3.8) is 0 Å². The second kappa shape index (κ2) is 21.1. The molecule has 1 aliphatic heterocycles. The Hall–Kier alpha value is -5.05. The summed E-state index contributed by atoms with van der Waals surface area (Å²) in [6, 6.07) is 24.2. The van der Waals surface area contributed by atoms with Gasteiger partial charge in [0.1, 0.15) is 12.1 Å². The Labute approximate surface area is 349 Å². The minimum absolute atomic E-state index is 0.0741. The quantitative estimate of drug-likeness (QED) is 0.0833. The highest BCUT2D eigenvalue weighted by Crippen LogP contribution is 2.25. The van der Waals surface area contributed by atoms with Crippen molar-refractivity contribution in [1.29, 1.82) is 0 Å². The van der Waals surface area contributed by atoms with Crippen molar-refractivity contribution >= 4 is 50.8 Å². The fourth-order valence-electron chi connectivity index (χ4n) is 7.28. The molecule has 4 aromatic rings. The van der Waals surface area contributed by atoms with Gasteiger partial charge < -0.3 is 30.3 Å². The lowest BCUT2D eigenvalue weighted by Gasteiger charge is -2.35. The van der Waals surface area contributed by atoms with Crippen molar-refractivity contribution in [3.05, 3.63) is 112 Å². The van der Waals surface area contributed by atoms with Gasteiger partial charge >= 0.3 is 12.1 Å². The van der Waals surface area contributed by atoms with Crippen LogP contribution in [0.15, 0.2) is 95.6 Å². The second-order valence-electron chi connectivity index (χ2n) is 15.1. The Balaban J connectivity index is 1.39. The number of aliphatic hydroxyl groups excluding tert-OH is 1. The SMILES string of the molecule is CCC(C)C(NC(=O)OC)C(=O)NN(Cc1ccc(Br)cc1)CC(O)C(Cc1ccccc1)NC(=O)C(C(C)CC)N1CCN(Cc2ccnc3ccccc23)C1=O. The normalized spacial score (nSPS) is 16.0. The van der Waals surface area contributed by atoms with Crippen LogP contribution in [-0.2, 0) is 33.8 Å². The van der Waals surface area contributed by atoms with Gasteiger partial charge in [0, 0.05) is 48.8 Å². The number of methoxy groups -OCH3 is 1. The molecule has 2 heterocycles. The summed E-state index contributed by atoms with van der Waals surface area (Å²) in [6.45, 7) is 9.10. The third-order valence-electron chi connectivity index (χ3n) is 11.0. The third-order valence-corrected chi connectivity index (χ3v) is 11.6. The lowest BCUT2D eigenvalue weighted by molar-refractivity contribution is -0.132. The predicted molar refractivity (Wildman–Crippen MR) is 227 cm³/mol. The Morgan fingerprint density at radius 1 is 0.879 bits per heavy atom. The number of halogens is 1. The van der Waals surface area contributed by atoms with E-state index < -0.39 is 36.2 Å². The van der Waals surface area contributed by atoms with Crippen molar-refractivity contribution in [2.75, 3.05) is 26.7 Å². The summed E-state index contributed by atoms with van der Waals surface area (Å²) in [6.07, 6.45) is 1.38. The van der Waals surface area contributed by atoms with Crippen molar-refractivity contribution in [1.82, 2.24) is 35.9 Å². The molecule has 1 saturated heterocycles. The summed E-state index contributed by atoms with van der Waals surface area (Å²) in [5.74, 6) is -1.24. The summed E-state index contributed by atoms with van der Waals surface area (Å²) in [5, 5.41) is 20.5. The highest BCUT2D eigenvalue weighted by molar-refractivity contribution is 9.10. The Morgan fingerprint density at radius 3 is 2.26 bits per heavy atom. The Kier molecular flexibility index (Phi) is 16.0. The number of ether oxygens (including phenoxy) is 1. The van der Waals surface area contributed by atoms with E-state index in [0.717, 1.165) is 32.1 Å². The first-order valence-electron chi connectivity index (χ1n) is 20.0. The molecule has 14 heteroatoms. The van der Waals surface area contributed by atoms with Gasteiger partial charge in [0.2, 0.25) is 5.91 Å². The number of nitrogens with zero attached hydrogens (tertiary/aromatic N) is 4. The zero-order valence-electron chi connectivity index (χ0n) is 33.9. The van der Waals surface area contributed by atoms with Crippen molar-refractivity contribution in [3.8, 4) is 0 Å². The van der Waals surface area contributed by atoms with Crippen LogP contribution < -0.4 is 16.1 Å². The van der Waals surface area contributed by atoms with E-state index in [4.69, 9.17) is 4.74 Å². The monoisotopic (exact) mass is 857 g/mol. The first-order chi connectivity index (χ1) is 27.9. The zero-order valence-corrected chi connectivity index (χ0v) is 35.5. The van der Waals surface area contributed by atoms with Gasteiger partial charge in [-0.05, 0) is 59.2 Å². The summed E-state index contributed by atoms with van der Waals surface area (Å²) in [4.78, 5) is 62.6. The maximum Gasteiger partial charge on any atom is 0.407 e. The third kappa shape index (κ3) is 11.5. The summed E-state index contributed by atoms with van der Waals surface area (Å²) < 4.78 is 5.69. The zero-order chi connectivity index (χ0) is 41.8. The van der Waals surface area contributed by atoms with Crippen LogP contribution in [0.2, 0.25) is 0 Å². The number of alkyl carbamates (subject to hydrolysis) is 1. The number of hydrazine groups is 1. The highest BCUT2D eigenvalue weighted by atomic mass is 79.9. The van der Waals surface area contributed by atoms with Crippen molar-refractivity contribution < 1.29 is 29.0 Å². The van der Waals surface area contributed by atoms with E-state index in [9.17, 15) is 24.3 Å². The number of hydrogen-bond acceptors (Lipinski definition) is 8. The molecule has 0 radical (unpaired) electrons.